The molecule has 146 valence electrons. The first kappa shape index (κ1) is 21.2. The first-order valence-electron chi connectivity index (χ1n) is 8.93. The largest absolute Gasteiger partial charge is 0.449 e. The molecule has 2 atom stereocenters. The topological polar surface area (TPSA) is 84.5 Å². The number of carbonyl (C=O) groups excluding carboxylic acids is 3. The van der Waals surface area contributed by atoms with Crippen molar-refractivity contribution in [1.29, 1.82) is 0 Å². The van der Waals surface area contributed by atoms with E-state index in [2.05, 4.69) is 33.1 Å². The van der Waals surface area contributed by atoms with Gasteiger partial charge >= 0.3 is 5.97 Å². The molecule has 2 amide bonds. The van der Waals surface area contributed by atoms with E-state index in [9.17, 15) is 14.4 Å². The van der Waals surface area contributed by atoms with E-state index in [0.29, 0.717) is 6.54 Å². The predicted octanol–water partition coefficient (Wildman–Crippen LogP) is 2.51. The van der Waals surface area contributed by atoms with E-state index in [1.807, 2.05) is 38.1 Å². The van der Waals surface area contributed by atoms with Crippen molar-refractivity contribution in [2.24, 2.45) is 5.92 Å². The van der Waals surface area contributed by atoms with Crippen LogP contribution >= 0.6 is 15.9 Å². The van der Waals surface area contributed by atoms with E-state index < -0.39 is 23.5 Å². The van der Waals surface area contributed by atoms with Gasteiger partial charge in [0.15, 0.2) is 5.60 Å². The second-order valence-electron chi connectivity index (χ2n) is 7.00. The van der Waals surface area contributed by atoms with Crippen molar-refractivity contribution >= 4 is 33.7 Å². The third kappa shape index (κ3) is 5.42. The minimum absolute atomic E-state index is 0.124. The Labute approximate surface area is 167 Å². The number of amides is 2. The van der Waals surface area contributed by atoms with Crippen LogP contribution in [-0.2, 0) is 25.5 Å². The van der Waals surface area contributed by atoms with Crippen LogP contribution in [0.4, 0.5) is 0 Å². The molecule has 0 radical (unpaired) electrons. The van der Waals surface area contributed by atoms with Gasteiger partial charge in [-0.15, -0.1) is 6.58 Å². The summed E-state index contributed by atoms with van der Waals surface area (Å²) in [6.45, 7) is 7.58. The second-order valence-corrected chi connectivity index (χ2v) is 7.92. The lowest BCUT2D eigenvalue weighted by Gasteiger charge is -2.30. The molecule has 0 unspecified atom stereocenters. The molecule has 2 rings (SSSR count). The maximum atomic E-state index is 13.1. The molecule has 0 aliphatic carbocycles. The predicted molar refractivity (Wildman–Crippen MR) is 106 cm³/mol. The molecule has 1 aromatic carbocycles. The van der Waals surface area contributed by atoms with Crippen LogP contribution in [0.5, 0.6) is 0 Å². The Bertz CT molecular complexity index is 717. The summed E-state index contributed by atoms with van der Waals surface area (Å²) in [4.78, 5) is 37.3. The van der Waals surface area contributed by atoms with Gasteiger partial charge < -0.3 is 15.4 Å². The highest BCUT2D eigenvalue weighted by Crippen LogP contribution is 2.31. The first-order valence-corrected chi connectivity index (χ1v) is 9.72. The van der Waals surface area contributed by atoms with Crippen LogP contribution in [0.2, 0.25) is 0 Å². The molecule has 0 saturated carbocycles. The Morgan fingerprint density at radius 2 is 2.00 bits per heavy atom. The van der Waals surface area contributed by atoms with Crippen molar-refractivity contribution in [3.8, 4) is 0 Å². The highest BCUT2D eigenvalue weighted by Gasteiger charge is 2.48. The van der Waals surface area contributed by atoms with Crippen LogP contribution in [0, 0.1) is 5.92 Å². The Balaban J connectivity index is 2.20. The van der Waals surface area contributed by atoms with E-state index in [1.54, 1.807) is 6.08 Å². The van der Waals surface area contributed by atoms with Crippen LogP contribution in [0.3, 0.4) is 0 Å². The summed E-state index contributed by atoms with van der Waals surface area (Å²) >= 11 is 3.38. The number of esters is 1. The Morgan fingerprint density at radius 1 is 1.33 bits per heavy atom. The number of rotatable bonds is 8. The van der Waals surface area contributed by atoms with Crippen molar-refractivity contribution in [2.75, 3.05) is 6.54 Å². The fraction of sp³-hybridized carbons (Fsp3) is 0.450. The van der Waals surface area contributed by atoms with E-state index in [-0.39, 0.29) is 31.1 Å². The van der Waals surface area contributed by atoms with Gasteiger partial charge in [-0.3, -0.25) is 14.4 Å². The van der Waals surface area contributed by atoms with Crippen molar-refractivity contribution < 1.29 is 19.1 Å². The number of hydrogen-bond acceptors (Lipinski definition) is 4. The number of nitrogens with one attached hydrogen (secondary N) is 2. The van der Waals surface area contributed by atoms with Gasteiger partial charge in [0.1, 0.15) is 6.04 Å². The van der Waals surface area contributed by atoms with E-state index in [0.717, 1.165) is 10.0 Å². The molecular formula is C20H25BrN2O4. The average Bonchev–Trinajstić information content (AvgIpc) is 3.01. The normalized spacial score (nSPS) is 20.1. The highest BCUT2D eigenvalue weighted by atomic mass is 79.9. The fourth-order valence-corrected chi connectivity index (χ4v) is 3.28. The monoisotopic (exact) mass is 436 g/mol. The van der Waals surface area contributed by atoms with E-state index >= 15 is 0 Å². The standard InChI is InChI=1S/C20H25BrN2O4/c1-4-11-22-18(25)17(13(2)3)23-19(26)20(10-9-16(24)27-20)12-14-5-7-15(21)8-6-14/h4-8,13,17H,1,9-12H2,2-3H3,(H,22,25)(H,23,26)/t17-,20+/m0/s1. The van der Waals surface area contributed by atoms with Crippen LogP contribution < -0.4 is 10.6 Å². The van der Waals surface area contributed by atoms with Crippen LogP contribution in [0.1, 0.15) is 32.3 Å². The van der Waals surface area contributed by atoms with E-state index in [1.165, 1.54) is 0 Å². The molecule has 27 heavy (non-hydrogen) atoms. The van der Waals surface area contributed by atoms with Crippen molar-refractivity contribution in [1.82, 2.24) is 10.6 Å². The lowest BCUT2D eigenvalue weighted by molar-refractivity contribution is -0.159. The maximum Gasteiger partial charge on any atom is 0.307 e. The number of cyclic esters (lactones) is 1. The Kier molecular flexibility index (Phi) is 7.18. The molecule has 0 aromatic heterocycles. The van der Waals surface area contributed by atoms with Gasteiger partial charge in [0, 0.05) is 30.3 Å². The van der Waals surface area contributed by atoms with Gasteiger partial charge in [-0.05, 0) is 23.6 Å². The summed E-state index contributed by atoms with van der Waals surface area (Å²) in [5.41, 5.74) is -0.420. The molecule has 1 aliphatic rings. The smallest absolute Gasteiger partial charge is 0.307 e. The molecule has 1 aliphatic heterocycles. The quantitative estimate of drug-likeness (QED) is 0.484. The number of halogens is 1. The third-order valence-corrected chi connectivity index (χ3v) is 5.04. The molecule has 0 spiro atoms. The third-order valence-electron chi connectivity index (χ3n) is 4.52. The lowest BCUT2D eigenvalue weighted by atomic mass is 9.89. The summed E-state index contributed by atoms with van der Waals surface area (Å²) in [5.74, 6) is -1.26. The van der Waals surface area contributed by atoms with Crippen LogP contribution in [0.15, 0.2) is 41.4 Å². The van der Waals surface area contributed by atoms with Gasteiger partial charge in [0.05, 0.1) is 0 Å². The Hall–Kier alpha value is -2.15. The fourth-order valence-electron chi connectivity index (χ4n) is 3.01. The van der Waals surface area contributed by atoms with Gasteiger partial charge in [-0.25, -0.2) is 0 Å². The zero-order chi connectivity index (χ0) is 20.0. The average molecular weight is 437 g/mol. The second kappa shape index (κ2) is 9.17. The maximum absolute atomic E-state index is 13.1. The molecule has 7 heteroatoms. The molecule has 2 N–H and O–H groups in total. The Morgan fingerprint density at radius 3 is 2.52 bits per heavy atom. The molecule has 6 nitrogen and oxygen atoms in total. The van der Waals surface area contributed by atoms with Crippen molar-refractivity contribution in [2.45, 2.75) is 44.8 Å². The summed E-state index contributed by atoms with van der Waals surface area (Å²) in [6, 6.07) is 6.78. The summed E-state index contributed by atoms with van der Waals surface area (Å²) < 4.78 is 6.40. The number of benzene rings is 1. The molecular weight excluding hydrogens is 412 g/mol. The van der Waals surface area contributed by atoms with Gasteiger partial charge in [0.25, 0.3) is 5.91 Å². The minimum Gasteiger partial charge on any atom is -0.449 e. The lowest BCUT2D eigenvalue weighted by Crippen LogP contribution is -2.57. The van der Waals surface area contributed by atoms with E-state index in [4.69, 9.17) is 4.74 Å². The number of ether oxygens (including phenoxy) is 1. The van der Waals surface area contributed by atoms with Crippen molar-refractivity contribution in [3.05, 3.63) is 47.0 Å². The summed E-state index contributed by atoms with van der Waals surface area (Å²) in [7, 11) is 0. The zero-order valence-electron chi connectivity index (χ0n) is 15.6. The van der Waals surface area contributed by atoms with Gasteiger partial charge in [0.2, 0.25) is 5.91 Å². The molecule has 1 aromatic rings. The van der Waals surface area contributed by atoms with Crippen LogP contribution in [-0.4, -0.2) is 36.0 Å². The number of hydrogen-bond donors (Lipinski definition) is 2. The van der Waals surface area contributed by atoms with Crippen LogP contribution in [0.25, 0.3) is 0 Å². The van der Waals surface area contributed by atoms with Gasteiger partial charge in [-0.2, -0.15) is 0 Å². The van der Waals surface area contributed by atoms with Gasteiger partial charge in [-0.1, -0.05) is 48.0 Å². The molecule has 1 heterocycles. The first-order chi connectivity index (χ1) is 12.8. The summed E-state index contributed by atoms with van der Waals surface area (Å²) in [6.07, 6.45) is 2.30. The summed E-state index contributed by atoms with van der Waals surface area (Å²) in [5, 5.41) is 5.49. The SMILES string of the molecule is C=CCNC(=O)[C@@H](NC(=O)[C@]1(Cc2ccc(Br)cc2)CCC(=O)O1)C(C)C. The minimum atomic E-state index is -1.29. The molecule has 0 bridgehead atoms. The molecule has 1 saturated heterocycles. The van der Waals surface area contributed by atoms with Crippen molar-refractivity contribution in [3.63, 3.8) is 0 Å². The molecule has 1 fully saturated rings. The zero-order valence-corrected chi connectivity index (χ0v) is 17.2. The highest BCUT2D eigenvalue weighted by molar-refractivity contribution is 9.10. The number of carbonyl (C=O) groups is 3.